The van der Waals surface area contributed by atoms with Gasteiger partial charge in [0.05, 0.1) is 0 Å². The molecule has 1 saturated heterocycles. The van der Waals surface area contributed by atoms with E-state index in [0.717, 1.165) is 39.1 Å². The zero-order valence-electron chi connectivity index (χ0n) is 14.6. The van der Waals surface area contributed by atoms with Crippen molar-refractivity contribution >= 4 is 12.0 Å². The summed E-state index contributed by atoms with van der Waals surface area (Å²) in [4.78, 5) is 20.8. The molecule has 3 rings (SSSR count). The van der Waals surface area contributed by atoms with Gasteiger partial charge < -0.3 is 4.90 Å². The highest BCUT2D eigenvalue weighted by Crippen LogP contribution is 2.08. The molecule has 25 heavy (non-hydrogen) atoms. The van der Waals surface area contributed by atoms with E-state index < -0.39 is 0 Å². The lowest BCUT2D eigenvalue weighted by molar-refractivity contribution is -0.132. The summed E-state index contributed by atoms with van der Waals surface area (Å²) < 4.78 is 0. The average molecular weight is 335 g/mol. The minimum Gasteiger partial charge on any atom is -0.340 e. The summed E-state index contributed by atoms with van der Waals surface area (Å²) in [5, 5.41) is 0. The fourth-order valence-corrected chi connectivity index (χ4v) is 3.04. The van der Waals surface area contributed by atoms with Crippen LogP contribution in [0.2, 0.25) is 0 Å². The van der Waals surface area contributed by atoms with Crippen molar-refractivity contribution in [3.63, 3.8) is 0 Å². The molecule has 4 heteroatoms. The molecule has 1 amide bonds. The monoisotopic (exact) mass is 335 g/mol. The normalized spacial score (nSPS) is 15.6. The van der Waals surface area contributed by atoms with Gasteiger partial charge >= 0.3 is 0 Å². The van der Waals surface area contributed by atoms with E-state index in [4.69, 9.17) is 0 Å². The van der Waals surface area contributed by atoms with Gasteiger partial charge in [0.1, 0.15) is 0 Å². The second-order valence-electron chi connectivity index (χ2n) is 6.35. The van der Waals surface area contributed by atoms with Gasteiger partial charge in [0.2, 0.25) is 5.91 Å². The number of carbonyl (C=O) groups is 1. The fourth-order valence-electron chi connectivity index (χ4n) is 3.04. The molecule has 4 nitrogen and oxygen atoms in total. The van der Waals surface area contributed by atoms with Crippen molar-refractivity contribution in [2.75, 3.05) is 32.7 Å². The highest BCUT2D eigenvalue weighted by molar-refractivity contribution is 5.76. The van der Waals surface area contributed by atoms with Crippen molar-refractivity contribution in [3.05, 3.63) is 72.1 Å². The first kappa shape index (κ1) is 17.4. The lowest BCUT2D eigenvalue weighted by Gasteiger charge is -2.34. The van der Waals surface area contributed by atoms with Crippen molar-refractivity contribution in [1.29, 1.82) is 0 Å². The van der Waals surface area contributed by atoms with Crippen LogP contribution in [0.5, 0.6) is 0 Å². The standard InChI is InChI=1S/C21H25N3O/c25-21(9-8-20-10-12-22-13-11-20)24-17-15-23(16-18-24)14-4-7-19-5-2-1-3-6-19/h1-7,10-13H,8-9,14-18H2/b7-4+. The van der Waals surface area contributed by atoms with E-state index in [-0.39, 0.29) is 5.91 Å². The van der Waals surface area contributed by atoms with Crippen LogP contribution in [0.25, 0.3) is 6.08 Å². The predicted octanol–water partition coefficient (Wildman–Crippen LogP) is 2.87. The molecule has 1 aromatic carbocycles. The second kappa shape index (κ2) is 9.14. The van der Waals surface area contributed by atoms with Crippen LogP contribution in [0.1, 0.15) is 17.5 Å². The van der Waals surface area contributed by atoms with Gasteiger partial charge in [0.15, 0.2) is 0 Å². The first-order valence-corrected chi connectivity index (χ1v) is 8.92. The van der Waals surface area contributed by atoms with Crippen molar-refractivity contribution in [1.82, 2.24) is 14.8 Å². The first-order chi connectivity index (χ1) is 12.3. The highest BCUT2D eigenvalue weighted by Gasteiger charge is 2.19. The Bertz CT molecular complexity index is 677. The summed E-state index contributed by atoms with van der Waals surface area (Å²) >= 11 is 0. The Kier molecular flexibility index (Phi) is 6.35. The number of pyridine rings is 1. The SMILES string of the molecule is O=C(CCc1ccncc1)N1CCN(C/C=C/c2ccccc2)CC1. The Balaban J connectivity index is 1.38. The van der Waals surface area contributed by atoms with Crippen LogP contribution in [-0.4, -0.2) is 53.4 Å². The lowest BCUT2D eigenvalue weighted by Crippen LogP contribution is -2.48. The quantitative estimate of drug-likeness (QED) is 0.814. The molecule has 1 aliphatic rings. The summed E-state index contributed by atoms with van der Waals surface area (Å²) in [6.45, 7) is 4.48. The number of aromatic nitrogens is 1. The number of rotatable bonds is 6. The smallest absolute Gasteiger partial charge is 0.222 e. The molecule has 0 saturated carbocycles. The van der Waals surface area contributed by atoms with E-state index in [1.807, 2.05) is 23.1 Å². The Morgan fingerprint density at radius 1 is 1.00 bits per heavy atom. The highest BCUT2D eigenvalue weighted by atomic mass is 16.2. The maximum atomic E-state index is 12.4. The van der Waals surface area contributed by atoms with Crippen LogP contribution < -0.4 is 0 Å². The van der Waals surface area contributed by atoms with Crippen molar-refractivity contribution in [2.45, 2.75) is 12.8 Å². The lowest BCUT2D eigenvalue weighted by atomic mass is 10.1. The number of hydrogen-bond acceptors (Lipinski definition) is 3. The van der Waals surface area contributed by atoms with Crippen LogP contribution in [-0.2, 0) is 11.2 Å². The number of nitrogens with zero attached hydrogens (tertiary/aromatic N) is 3. The van der Waals surface area contributed by atoms with Crippen molar-refractivity contribution < 1.29 is 4.79 Å². The Labute approximate surface area is 149 Å². The van der Waals surface area contributed by atoms with Gasteiger partial charge in [0.25, 0.3) is 0 Å². The minimum atomic E-state index is 0.260. The van der Waals surface area contributed by atoms with Gasteiger partial charge in [-0.15, -0.1) is 0 Å². The second-order valence-corrected chi connectivity index (χ2v) is 6.35. The zero-order chi connectivity index (χ0) is 17.3. The Morgan fingerprint density at radius 2 is 1.72 bits per heavy atom. The number of carbonyl (C=O) groups excluding carboxylic acids is 1. The number of hydrogen-bond donors (Lipinski definition) is 0. The third-order valence-electron chi connectivity index (χ3n) is 4.58. The van der Waals surface area contributed by atoms with Gasteiger partial charge in [-0.2, -0.15) is 0 Å². The van der Waals surface area contributed by atoms with Crippen molar-refractivity contribution in [3.8, 4) is 0 Å². The van der Waals surface area contributed by atoms with E-state index in [0.29, 0.717) is 6.42 Å². The molecule has 130 valence electrons. The van der Waals surface area contributed by atoms with Crippen LogP contribution in [0.3, 0.4) is 0 Å². The number of benzene rings is 1. The van der Waals surface area contributed by atoms with E-state index in [2.05, 4.69) is 46.3 Å². The molecule has 0 unspecified atom stereocenters. The number of piperazine rings is 1. The van der Waals surface area contributed by atoms with Crippen LogP contribution in [0, 0.1) is 0 Å². The van der Waals surface area contributed by atoms with E-state index >= 15 is 0 Å². The largest absolute Gasteiger partial charge is 0.340 e. The minimum absolute atomic E-state index is 0.260. The fraction of sp³-hybridized carbons (Fsp3) is 0.333. The van der Waals surface area contributed by atoms with Gasteiger partial charge in [-0.1, -0.05) is 42.5 Å². The summed E-state index contributed by atoms with van der Waals surface area (Å²) in [6, 6.07) is 14.3. The molecule has 0 bridgehead atoms. The van der Waals surface area contributed by atoms with Gasteiger partial charge in [-0.25, -0.2) is 0 Å². The van der Waals surface area contributed by atoms with Gasteiger partial charge in [-0.05, 0) is 29.7 Å². The summed E-state index contributed by atoms with van der Waals surface area (Å²) in [5.74, 6) is 0.260. The molecule has 0 atom stereocenters. The Morgan fingerprint density at radius 3 is 2.44 bits per heavy atom. The molecule has 0 N–H and O–H groups in total. The molecule has 0 radical (unpaired) electrons. The maximum absolute atomic E-state index is 12.4. The molecule has 0 aliphatic carbocycles. The molecule has 2 aromatic rings. The van der Waals surface area contributed by atoms with Gasteiger partial charge in [0, 0.05) is 51.5 Å². The first-order valence-electron chi connectivity index (χ1n) is 8.92. The van der Waals surface area contributed by atoms with E-state index in [1.165, 1.54) is 11.1 Å². The molecular weight excluding hydrogens is 310 g/mol. The summed E-state index contributed by atoms with van der Waals surface area (Å²) in [7, 11) is 0. The molecule has 0 spiro atoms. The molecule has 1 fully saturated rings. The van der Waals surface area contributed by atoms with Gasteiger partial charge in [-0.3, -0.25) is 14.7 Å². The van der Waals surface area contributed by atoms with Crippen LogP contribution in [0.4, 0.5) is 0 Å². The number of amides is 1. The predicted molar refractivity (Wildman–Crippen MR) is 101 cm³/mol. The van der Waals surface area contributed by atoms with E-state index in [1.54, 1.807) is 12.4 Å². The average Bonchev–Trinajstić information content (AvgIpc) is 2.68. The molecule has 2 heterocycles. The third kappa shape index (κ3) is 5.54. The molecule has 1 aromatic heterocycles. The topological polar surface area (TPSA) is 36.4 Å². The van der Waals surface area contributed by atoms with Crippen LogP contribution in [0.15, 0.2) is 60.9 Å². The molecule has 1 aliphatic heterocycles. The maximum Gasteiger partial charge on any atom is 0.222 e. The number of aryl methyl sites for hydroxylation is 1. The van der Waals surface area contributed by atoms with E-state index in [9.17, 15) is 4.79 Å². The van der Waals surface area contributed by atoms with Crippen molar-refractivity contribution in [2.24, 2.45) is 0 Å². The third-order valence-corrected chi connectivity index (χ3v) is 4.58. The molecular formula is C21H25N3O. The zero-order valence-corrected chi connectivity index (χ0v) is 14.6. The summed E-state index contributed by atoms with van der Waals surface area (Å²) in [6.07, 6.45) is 9.30. The van der Waals surface area contributed by atoms with Crippen LogP contribution >= 0.6 is 0 Å². The summed E-state index contributed by atoms with van der Waals surface area (Å²) in [5.41, 5.74) is 2.40. The Hall–Kier alpha value is -2.46.